The number of nitrogens with one attached hydrogen (secondary N) is 1. The van der Waals surface area contributed by atoms with Gasteiger partial charge in [-0.25, -0.2) is 0 Å². The molecule has 1 aromatic carbocycles. The quantitative estimate of drug-likeness (QED) is 0.728. The normalized spacial score (nSPS) is 14.2. The predicted molar refractivity (Wildman–Crippen MR) is 90.5 cm³/mol. The average molecular weight is 295 g/mol. The zero-order valence-electron chi connectivity index (χ0n) is 13.3. The van der Waals surface area contributed by atoms with E-state index in [9.17, 15) is 0 Å². The summed E-state index contributed by atoms with van der Waals surface area (Å²) in [6.45, 7) is 9.97. The summed E-state index contributed by atoms with van der Waals surface area (Å²) in [5, 5.41) is 12.8. The van der Waals surface area contributed by atoms with Crippen molar-refractivity contribution in [2.75, 3.05) is 24.7 Å². The Morgan fingerprint density at radius 1 is 1.25 bits per heavy atom. The standard InChI is InChI=1S/C17H29NOS/c1-5-8-18-17(12-20-11-14(3)10-19)16-9-13(2)6-7-15(16)4/h6-7,9,14,17-19H,5,8,10-12H2,1-4H3. The van der Waals surface area contributed by atoms with Crippen LogP contribution in [-0.4, -0.2) is 29.8 Å². The Morgan fingerprint density at radius 2 is 2.00 bits per heavy atom. The Morgan fingerprint density at radius 3 is 2.65 bits per heavy atom. The van der Waals surface area contributed by atoms with Gasteiger partial charge in [-0.3, -0.25) is 0 Å². The molecule has 0 bridgehead atoms. The maximum absolute atomic E-state index is 9.11. The summed E-state index contributed by atoms with van der Waals surface area (Å²) in [6.07, 6.45) is 1.15. The molecule has 20 heavy (non-hydrogen) atoms. The lowest BCUT2D eigenvalue weighted by Crippen LogP contribution is -2.25. The third-order valence-electron chi connectivity index (χ3n) is 3.45. The second-order valence-electron chi connectivity index (χ2n) is 5.69. The molecule has 0 saturated heterocycles. The van der Waals surface area contributed by atoms with Gasteiger partial charge in [0.25, 0.3) is 0 Å². The van der Waals surface area contributed by atoms with Gasteiger partial charge in [-0.1, -0.05) is 37.6 Å². The summed E-state index contributed by atoms with van der Waals surface area (Å²) >= 11 is 1.93. The topological polar surface area (TPSA) is 32.3 Å². The summed E-state index contributed by atoms with van der Waals surface area (Å²) in [7, 11) is 0. The molecule has 0 fully saturated rings. The van der Waals surface area contributed by atoms with Crippen LogP contribution in [0.5, 0.6) is 0 Å². The molecule has 2 unspecified atom stereocenters. The Labute approximate surface area is 128 Å². The van der Waals surface area contributed by atoms with Gasteiger partial charge in [0.2, 0.25) is 0 Å². The first-order valence-electron chi connectivity index (χ1n) is 7.57. The number of aryl methyl sites for hydroxylation is 2. The minimum Gasteiger partial charge on any atom is -0.396 e. The van der Waals surface area contributed by atoms with E-state index in [2.05, 4.69) is 51.2 Å². The van der Waals surface area contributed by atoms with Crippen molar-refractivity contribution < 1.29 is 5.11 Å². The first-order valence-corrected chi connectivity index (χ1v) is 8.73. The first-order chi connectivity index (χ1) is 9.58. The fourth-order valence-electron chi connectivity index (χ4n) is 2.15. The number of rotatable bonds is 9. The fraction of sp³-hybridized carbons (Fsp3) is 0.647. The van der Waals surface area contributed by atoms with E-state index in [1.54, 1.807) is 0 Å². The molecule has 0 radical (unpaired) electrons. The molecule has 2 N–H and O–H groups in total. The van der Waals surface area contributed by atoms with Crippen LogP contribution in [0.1, 0.15) is 43.0 Å². The van der Waals surface area contributed by atoms with E-state index >= 15 is 0 Å². The van der Waals surface area contributed by atoms with Gasteiger partial charge in [-0.05, 0) is 49.6 Å². The summed E-state index contributed by atoms with van der Waals surface area (Å²) in [5.41, 5.74) is 4.10. The van der Waals surface area contributed by atoms with Gasteiger partial charge in [-0.15, -0.1) is 0 Å². The Hall–Kier alpha value is -0.510. The summed E-state index contributed by atoms with van der Waals surface area (Å²) in [6, 6.07) is 7.10. The number of benzene rings is 1. The van der Waals surface area contributed by atoms with E-state index in [4.69, 9.17) is 5.11 Å². The van der Waals surface area contributed by atoms with Crippen LogP contribution in [0.2, 0.25) is 0 Å². The smallest absolute Gasteiger partial charge is 0.0464 e. The van der Waals surface area contributed by atoms with Gasteiger partial charge in [0.1, 0.15) is 0 Å². The number of thioether (sulfide) groups is 1. The molecule has 1 rings (SSSR count). The third kappa shape index (κ3) is 5.86. The molecule has 2 atom stereocenters. The number of aliphatic hydroxyl groups excluding tert-OH is 1. The monoisotopic (exact) mass is 295 g/mol. The second-order valence-corrected chi connectivity index (χ2v) is 6.77. The molecule has 0 spiro atoms. The zero-order valence-corrected chi connectivity index (χ0v) is 14.1. The van der Waals surface area contributed by atoms with E-state index in [0.29, 0.717) is 12.0 Å². The molecular weight excluding hydrogens is 266 g/mol. The highest BCUT2D eigenvalue weighted by Crippen LogP contribution is 2.24. The maximum atomic E-state index is 9.11. The largest absolute Gasteiger partial charge is 0.396 e. The molecule has 0 aliphatic carbocycles. The molecule has 0 amide bonds. The summed E-state index contributed by atoms with van der Waals surface area (Å²) < 4.78 is 0. The van der Waals surface area contributed by atoms with E-state index in [-0.39, 0.29) is 6.61 Å². The minimum absolute atomic E-state index is 0.281. The van der Waals surface area contributed by atoms with Crippen molar-refractivity contribution in [3.05, 3.63) is 34.9 Å². The lowest BCUT2D eigenvalue weighted by atomic mass is 10.00. The molecule has 0 saturated carbocycles. The third-order valence-corrected chi connectivity index (χ3v) is 4.82. The minimum atomic E-state index is 0.281. The predicted octanol–water partition coefficient (Wildman–Crippen LogP) is 3.71. The van der Waals surface area contributed by atoms with Crippen molar-refractivity contribution in [2.24, 2.45) is 5.92 Å². The first kappa shape index (κ1) is 17.5. The van der Waals surface area contributed by atoms with Crippen LogP contribution in [0.3, 0.4) is 0 Å². The molecule has 1 aromatic rings. The van der Waals surface area contributed by atoms with E-state index in [0.717, 1.165) is 24.5 Å². The van der Waals surface area contributed by atoms with E-state index in [1.165, 1.54) is 16.7 Å². The van der Waals surface area contributed by atoms with Gasteiger partial charge >= 0.3 is 0 Å². The Kier molecular flexibility index (Phi) is 8.27. The molecular formula is C17H29NOS. The SMILES string of the molecule is CCCNC(CSCC(C)CO)c1cc(C)ccc1C. The van der Waals surface area contributed by atoms with E-state index < -0.39 is 0 Å². The molecule has 2 nitrogen and oxygen atoms in total. The highest BCUT2D eigenvalue weighted by molar-refractivity contribution is 7.99. The summed E-state index contributed by atoms with van der Waals surface area (Å²) in [4.78, 5) is 0. The van der Waals surface area contributed by atoms with Crippen LogP contribution in [0.25, 0.3) is 0 Å². The fourth-order valence-corrected chi connectivity index (χ4v) is 3.33. The molecule has 0 heterocycles. The van der Waals surface area contributed by atoms with Crippen molar-refractivity contribution in [1.82, 2.24) is 5.32 Å². The number of aliphatic hydroxyl groups is 1. The van der Waals surface area contributed by atoms with Gasteiger partial charge < -0.3 is 10.4 Å². The van der Waals surface area contributed by atoms with Crippen LogP contribution in [0, 0.1) is 19.8 Å². The van der Waals surface area contributed by atoms with Gasteiger partial charge in [-0.2, -0.15) is 11.8 Å². The van der Waals surface area contributed by atoms with Crippen molar-refractivity contribution in [2.45, 2.75) is 40.2 Å². The Bertz CT molecular complexity index is 395. The van der Waals surface area contributed by atoms with Crippen LogP contribution in [0.4, 0.5) is 0 Å². The van der Waals surface area contributed by atoms with Gasteiger partial charge in [0.05, 0.1) is 0 Å². The molecule has 3 heteroatoms. The number of hydrogen-bond donors (Lipinski definition) is 2. The molecule has 0 aliphatic rings. The highest BCUT2D eigenvalue weighted by atomic mass is 32.2. The maximum Gasteiger partial charge on any atom is 0.0464 e. The molecule has 0 aliphatic heterocycles. The van der Waals surface area contributed by atoms with Crippen molar-refractivity contribution in [1.29, 1.82) is 0 Å². The van der Waals surface area contributed by atoms with Crippen LogP contribution in [0.15, 0.2) is 18.2 Å². The van der Waals surface area contributed by atoms with Gasteiger partial charge in [0.15, 0.2) is 0 Å². The lowest BCUT2D eigenvalue weighted by Gasteiger charge is -2.22. The zero-order chi connectivity index (χ0) is 15.0. The van der Waals surface area contributed by atoms with E-state index in [1.807, 2.05) is 11.8 Å². The van der Waals surface area contributed by atoms with Crippen molar-refractivity contribution in [3.63, 3.8) is 0 Å². The van der Waals surface area contributed by atoms with Crippen molar-refractivity contribution in [3.8, 4) is 0 Å². The van der Waals surface area contributed by atoms with Crippen LogP contribution >= 0.6 is 11.8 Å². The molecule has 0 aromatic heterocycles. The lowest BCUT2D eigenvalue weighted by molar-refractivity contribution is 0.250. The number of hydrogen-bond acceptors (Lipinski definition) is 3. The van der Waals surface area contributed by atoms with Crippen LogP contribution in [-0.2, 0) is 0 Å². The van der Waals surface area contributed by atoms with Crippen molar-refractivity contribution >= 4 is 11.8 Å². The van der Waals surface area contributed by atoms with Gasteiger partial charge in [0, 0.05) is 18.4 Å². The molecule has 114 valence electrons. The van der Waals surface area contributed by atoms with Crippen LogP contribution < -0.4 is 5.32 Å². The Balaban J connectivity index is 2.70. The average Bonchev–Trinajstić information content (AvgIpc) is 2.45. The summed E-state index contributed by atoms with van der Waals surface area (Å²) in [5.74, 6) is 2.46. The second kappa shape index (κ2) is 9.43. The highest BCUT2D eigenvalue weighted by Gasteiger charge is 2.14.